The van der Waals surface area contributed by atoms with E-state index in [0.29, 0.717) is 23.8 Å². The van der Waals surface area contributed by atoms with Crippen molar-refractivity contribution >= 4 is 18.3 Å². The van der Waals surface area contributed by atoms with E-state index < -0.39 is 0 Å². The fraction of sp³-hybridized carbons (Fsp3) is 0.556. The fourth-order valence-corrected chi connectivity index (χ4v) is 3.73. The zero-order valence-corrected chi connectivity index (χ0v) is 15.9. The maximum Gasteiger partial charge on any atom is 0.253 e. The van der Waals surface area contributed by atoms with Gasteiger partial charge in [0.25, 0.3) is 5.91 Å². The van der Waals surface area contributed by atoms with Crippen LogP contribution in [0.5, 0.6) is 0 Å². The minimum absolute atomic E-state index is 0. The van der Waals surface area contributed by atoms with Crippen molar-refractivity contribution in [1.82, 2.24) is 15.0 Å². The van der Waals surface area contributed by atoms with Gasteiger partial charge in [0.2, 0.25) is 0 Å². The predicted molar refractivity (Wildman–Crippen MR) is 99.6 cm³/mol. The number of carbonyl (C=O) groups is 1. The number of hydrogen-bond donors (Lipinski definition) is 2. The van der Waals surface area contributed by atoms with Crippen molar-refractivity contribution in [2.75, 3.05) is 6.54 Å². The van der Waals surface area contributed by atoms with Crippen molar-refractivity contribution in [3.8, 4) is 5.82 Å². The lowest BCUT2D eigenvalue weighted by Crippen LogP contribution is -2.44. The third kappa shape index (κ3) is 3.90. The molecule has 2 aromatic heterocycles. The highest BCUT2D eigenvalue weighted by Gasteiger charge is 2.27. The summed E-state index contributed by atoms with van der Waals surface area (Å²) in [7, 11) is 0. The van der Waals surface area contributed by atoms with E-state index in [4.69, 9.17) is 10.3 Å². The summed E-state index contributed by atoms with van der Waals surface area (Å²) in [5.74, 6) is 1.81. The van der Waals surface area contributed by atoms with Gasteiger partial charge in [-0.1, -0.05) is 18.0 Å². The Hall–Kier alpha value is -1.79. The van der Waals surface area contributed by atoms with Gasteiger partial charge in [0.15, 0.2) is 5.82 Å². The number of rotatable bonds is 4. The van der Waals surface area contributed by atoms with Crippen molar-refractivity contribution in [3.05, 3.63) is 34.8 Å². The average Bonchev–Trinajstić information content (AvgIpc) is 3.11. The first-order valence-electron chi connectivity index (χ1n) is 8.64. The van der Waals surface area contributed by atoms with Crippen molar-refractivity contribution in [3.63, 3.8) is 0 Å². The Bertz CT molecular complexity index is 738. The lowest BCUT2D eigenvalue weighted by Gasteiger charge is -2.31. The van der Waals surface area contributed by atoms with Crippen molar-refractivity contribution in [1.29, 1.82) is 0 Å². The molecule has 7 heteroatoms. The van der Waals surface area contributed by atoms with Gasteiger partial charge in [-0.3, -0.25) is 9.36 Å². The van der Waals surface area contributed by atoms with Crippen LogP contribution >= 0.6 is 12.4 Å². The van der Waals surface area contributed by atoms with Gasteiger partial charge in [0.05, 0.1) is 5.56 Å². The number of aryl methyl sites for hydroxylation is 2. The molecule has 1 saturated carbocycles. The van der Waals surface area contributed by atoms with Gasteiger partial charge in [-0.25, -0.2) is 0 Å². The molecular formula is C18H27ClN4O2. The molecule has 1 fully saturated rings. The molecule has 2 atom stereocenters. The summed E-state index contributed by atoms with van der Waals surface area (Å²) in [4.78, 5) is 12.8. The van der Waals surface area contributed by atoms with Crippen LogP contribution in [0.25, 0.3) is 5.82 Å². The Labute approximate surface area is 154 Å². The molecule has 0 radical (unpaired) electrons. The van der Waals surface area contributed by atoms with Crippen molar-refractivity contribution in [2.45, 2.75) is 52.5 Å². The first-order valence-corrected chi connectivity index (χ1v) is 8.64. The summed E-state index contributed by atoms with van der Waals surface area (Å²) >= 11 is 0. The third-order valence-corrected chi connectivity index (χ3v) is 5.05. The maximum absolute atomic E-state index is 12.8. The summed E-state index contributed by atoms with van der Waals surface area (Å²) in [5.41, 5.74) is 8.40. The molecule has 6 nitrogen and oxygen atoms in total. The van der Waals surface area contributed by atoms with Crippen LogP contribution < -0.4 is 11.1 Å². The van der Waals surface area contributed by atoms with E-state index in [-0.39, 0.29) is 24.4 Å². The Morgan fingerprint density at radius 2 is 2.04 bits per heavy atom. The van der Waals surface area contributed by atoms with Gasteiger partial charge in [0.1, 0.15) is 5.76 Å². The molecule has 1 aliphatic carbocycles. The number of halogens is 1. The largest absolute Gasteiger partial charge is 0.360 e. The predicted octanol–water partition coefficient (Wildman–Crippen LogP) is 3.06. The Morgan fingerprint density at radius 3 is 2.68 bits per heavy atom. The minimum atomic E-state index is -0.0279. The second kappa shape index (κ2) is 8.06. The molecule has 0 aromatic carbocycles. The van der Waals surface area contributed by atoms with Crippen LogP contribution in [0.2, 0.25) is 0 Å². The number of nitrogens with one attached hydrogen (secondary N) is 1. The summed E-state index contributed by atoms with van der Waals surface area (Å²) in [6.45, 7) is 6.39. The standard InChI is InChI=1S/C18H26N4O2.ClH/c1-11-8-15(13(3)22(11)17-9-12(2)24-21-17)18(23)20-16-7-5-4-6-14(16)10-19;/h8-9,14,16H,4-7,10,19H2,1-3H3,(H,20,23);1H. The van der Waals surface area contributed by atoms with E-state index >= 15 is 0 Å². The van der Waals surface area contributed by atoms with Crippen LogP contribution in [-0.2, 0) is 0 Å². The lowest BCUT2D eigenvalue weighted by atomic mass is 9.84. The van der Waals surface area contributed by atoms with Crippen LogP contribution in [0.4, 0.5) is 0 Å². The van der Waals surface area contributed by atoms with Crippen LogP contribution in [0, 0.1) is 26.7 Å². The number of amides is 1. The Kier molecular flexibility index (Phi) is 6.30. The normalized spacial score (nSPS) is 20.2. The molecule has 0 aliphatic heterocycles. The molecule has 3 rings (SSSR count). The monoisotopic (exact) mass is 366 g/mol. The third-order valence-electron chi connectivity index (χ3n) is 5.05. The van der Waals surface area contributed by atoms with Gasteiger partial charge in [-0.15, -0.1) is 12.4 Å². The summed E-state index contributed by atoms with van der Waals surface area (Å²) in [5, 5.41) is 7.26. The molecular weight excluding hydrogens is 340 g/mol. The highest BCUT2D eigenvalue weighted by atomic mass is 35.5. The smallest absolute Gasteiger partial charge is 0.253 e. The highest BCUT2D eigenvalue weighted by Crippen LogP contribution is 2.25. The van der Waals surface area contributed by atoms with Gasteiger partial charge < -0.3 is 15.6 Å². The number of hydrogen-bond acceptors (Lipinski definition) is 4. The number of carbonyl (C=O) groups excluding carboxylic acids is 1. The summed E-state index contributed by atoms with van der Waals surface area (Å²) < 4.78 is 7.11. The molecule has 2 aromatic rings. The quantitative estimate of drug-likeness (QED) is 0.870. The molecule has 2 heterocycles. The molecule has 0 bridgehead atoms. The van der Waals surface area contributed by atoms with E-state index in [1.165, 1.54) is 6.42 Å². The molecule has 138 valence electrons. The molecule has 2 unspecified atom stereocenters. The molecule has 0 saturated heterocycles. The van der Waals surface area contributed by atoms with Gasteiger partial charge in [-0.2, -0.15) is 0 Å². The van der Waals surface area contributed by atoms with Gasteiger partial charge in [0, 0.05) is 23.5 Å². The van der Waals surface area contributed by atoms with E-state index in [1.54, 1.807) is 0 Å². The second-order valence-corrected chi connectivity index (χ2v) is 6.78. The molecule has 3 N–H and O–H groups in total. The first kappa shape index (κ1) is 19.5. The number of nitrogens with two attached hydrogens (primary N) is 1. The second-order valence-electron chi connectivity index (χ2n) is 6.78. The maximum atomic E-state index is 12.8. The number of nitrogens with zero attached hydrogens (tertiary/aromatic N) is 2. The van der Waals surface area contributed by atoms with Crippen LogP contribution in [-0.4, -0.2) is 28.2 Å². The first-order chi connectivity index (χ1) is 11.5. The SMILES string of the molecule is Cc1cc(-n2c(C)cc(C(=O)NC3CCCCC3CN)c2C)no1.Cl. The van der Waals surface area contributed by atoms with Crippen molar-refractivity contribution in [2.24, 2.45) is 11.7 Å². The minimum Gasteiger partial charge on any atom is -0.360 e. The topological polar surface area (TPSA) is 86.1 Å². The van der Waals surface area contributed by atoms with E-state index in [0.717, 1.165) is 36.4 Å². The van der Waals surface area contributed by atoms with Crippen LogP contribution in [0.15, 0.2) is 16.7 Å². The zero-order chi connectivity index (χ0) is 17.3. The summed E-state index contributed by atoms with van der Waals surface area (Å²) in [6, 6.07) is 3.95. The van der Waals surface area contributed by atoms with Crippen molar-refractivity contribution < 1.29 is 9.32 Å². The Morgan fingerprint density at radius 1 is 1.32 bits per heavy atom. The fourth-order valence-electron chi connectivity index (χ4n) is 3.73. The number of aromatic nitrogens is 2. The van der Waals surface area contributed by atoms with E-state index in [1.807, 2.05) is 37.5 Å². The zero-order valence-electron chi connectivity index (χ0n) is 15.0. The van der Waals surface area contributed by atoms with Gasteiger partial charge >= 0.3 is 0 Å². The average molecular weight is 367 g/mol. The van der Waals surface area contributed by atoms with Crippen LogP contribution in [0.3, 0.4) is 0 Å². The van der Waals surface area contributed by atoms with Gasteiger partial charge in [-0.05, 0) is 52.1 Å². The Balaban J connectivity index is 0.00000225. The van der Waals surface area contributed by atoms with E-state index in [2.05, 4.69) is 10.5 Å². The lowest BCUT2D eigenvalue weighted by molar-refractivity contribution is 0.0907. The molecule has 25 heavy (non-hydrogen) atoms. The molecule has 0 spiro atoms. The molecule has 1 amide bonds. The van der Waals surface area contributed by atoms with Crippen LogP contribution in [0.1, 0.15) is 53.2 Å². The summed E-state index contributed by atoms with van der Waals surface area (Å²) in [6.07, 6.45) is 4.46. The molecule has 1 aliphatic rings. The highest BCUT2D eigenvalue weighted by molar-refractivity contribution is 5.96. The van der Waals surface area contributed by atoms with E-state index in [9.17, 15) is 4.79 Å².